The molecular formula is C41H25N3. The fraction of sp³-hybridized carbons (Fsp3) is 0. The second-order valence-corrected chi connectivity index (χ2v) is 11.0. The summed E-state index contributed by atoms with van der Waals surface area (Å²) in [6.07, 6.45) is 0. The van der Waals surface area contributed by atoms with Gasteiger partial charge in [0.2, 0.25) is 0 Å². The van der Waals surface area contributed by atoms with Gasteiger partial charge in [0, 0.05) is 16.7 Å². The van der Waals surface area contributed by atoms with Gasteiger partial charge in [-0.3, -0.25) is 0 Å². The van der Waals surface area contributed by atoms with Crippen LogP contribution < -0.4 is 0 Å². The molecule has 44 heavy (non-hydrogen) atoms. The van der Waals surface area contributed by atoms with E-state index in [1.807, 2.05) is 42.5 Å². The number of aromatic nitrogens is 2. The molecule has 0 N–H and O–H groups in total. The number of hydrogen-bond acceptors (Lipinski definition) is 3. The molecule has 0 amide bonds. The van der Waals surface area contributed by atoms with Gasteiger partial charge in [-0.1, -0.05) is 121 Å². The summed E-state index contributed by atoms with van der Waals surface area (Å²) in [6, 6.07) is 54.4. The van der Waals surface area contributed by atoms with E-state index in [-0.39, 0.29) is 0 Å². The summed E-state index contributed by atoms with van der Waals surface area (Å²) in [5.74, 6) is 0.696. The van der Waals surface area contributed by atoms with Crippen molar-refractivity contribution in [2.75, 3.05) is 0 Å². The zero-order chi connectivity index (χ0) is 29.5. The fourth-order valence-corrected chi connectivity index (χ4v) is 6.12. The molecule has 0 aliphatic rings. The highest BCUT2D eigenvalue weighted by molar-refractivity contribution is 6.19. The van der Waals surface area contributed by atoms with E-state index in [9.17, 15) is 5.26 Å². The monoisotopic (exact) mass is 559 g/mol. The third kappa shape index (κ3) is 4.47. The molecule has 1 heterocycles. The van der Waals surface area contributed by atoms with E-state index < -0.39 is 0 Å². The summed E-state index contributed by atoms with van der Waals surface area (Å²) in [4.78, 5) is 10.5. The zero-order valence-electron chi connectivity index (χ0n) is 23.8. The van der Waals surface area contributed by atoms with Crippen LogP contribution >= 0.6 is 0 Å². The Morgan fingerprint density at radius 3 is 1.86 bits per heavy atom. The molecule has 7 aromatic carbocycles. The van der Waals surface area contributed by atoms with E-state index in [1.165, 1.54) is 16.2 Å². The average molecular weight is 560 g/mol. The SMILES string of the molecule is N#Cc1ccc(-c2cccc(-c3cc(-c4ccccc4)nc(-c4c5ccccc5cc5c4ccc4ccccc45)n3)c2)cc1. The fourth-order valence-electron chi connectivity index (χ4n) is 6.12. The Morgan fingerprint density at radius 2 is 1.07 bits per heavy atom. The minimum absolute atomic E-state index is 0.646. The predicted molar refractivity (Wildman–Crippen MR) is 181 cm³/mol. The Labute approximate surface area is 255 Å². The van der Waals surface area contributed by atoms with Gasteiger partial charge in [-0.2, -0.15) is 5.26 Å². The number of nitriles is 1. The highest BCUT2D eigenvalue weighted by Crippen LogP contribution is 2.39. The van der Waals surface area contributed by atoms with Crippen LogP contribution in [0, 0.1) is 11.3 Å². The maximum Gasteiger partial charge on any atom is 0.161 e. The molecule has 0 bridgehead atoms. The normalized spacial score (nSPS) is 11.2. The molecule has 0 spiro atoms. The van der Waals surface area contributed by atoms with Crippen molar-refractivity contribution < 1.29 is 0 Å². The second kappa shape index (κ2) is 10.6. The van der Waals surface area contributed by atoms with E-state index in [2.05, 4.69) is 115 Å². The van der Waals surface area contributed by atoms with Gasteiger partial charge in [0.05, 0.1) is 23.0 Å². The Hall–Kier alpha value is -6.11. The van der Waals surface area contributed by atoms with Crippen LogP contribution in [0.5, 0.6) is 0 Å². The first-order valence-corrected chi connectivity index (χ1v) is 14.6. The number of benzene rings is 7. The van der Waals surface area contributed by atoms with Crippen molar-refractivity contribution in [3.63, 3.8) is 0 Å². The largest absolute Gasteiger partial charge is 0.228 e. The van der Waals surface area contributed by atoms with Crippen LogP contribution in [0.4, 0.5) is 0 Å². The minimum Gasteiger partial charge on any atom is -0.228 e. The third-order valence-electron chi connectivity index (χ3n) is 8.29. The molecule has 0 unspecified atom stereocenters. The summed E-state index contributed by atoms with van der Waals surface area (Å²) in [5.41, 5.74) is 7.56. The maximum atomic E-state index is 9.25. The van der Waals surface area contributed by atoms with Crippen molar-refractivity contribution in [2.45, 2.75) is 0 Å². The summed E-state index contributed by atoms with van der Waals surface area (Å²) in [6.45, 7) is 0. The molecule has 0 aliphatic carbocycles. The lowest BCUT2D eigenvalue weighted by atomic mass is 9.92. The van der Waals surface area contributed by atoms with E-state index in [0.717, 1.165) is 55.4 Å². The van der Waals surface area contributed by atoms with Gasteiger partial charge in [-0.05, 0) is 73.8 Å². The molecule has 0 radical (unpaired) electrons. The van der Waals surface area contributed by atoms with Crippen LogP contribution in [0.2, 0.25) is 0 Å². The minimum atomic E-state index is 0.646. The number of hydrogen-bond donors (Lipinski definition) is 0. The first kappa shape index (κ1) is 25.6. The molecule has 0 atom stereocenters. The summed E-state index contributed by atoms with van der Waals surface area (Å²) in [5, 5.41) is 16.3. The van der Waals surface area contributed by atoms with Crippen molar-refractivity contribution in [1.82, 2.24) is 9.97 Å². The average Bonchev–Trinajstić information content (AvgIpc) is 3.11. The van der Waals surface area contributed by atoms with Crippen molar-refractivity contribution in [3.05, 3.63) is 157 Å². The number of nitrogens with zero attached hydrogens (tertiary/aromatic N) is 3. The number of fused-ring (bicyclic) bond motifs is 4. The molecule has 3 nitrogen and oxygen atoms in total. The van der Waals surface area contributed by atoms with E-state index >= 15 is 0 Å². The quantitative estimate of drug-likeness (QED) is 0.159. The van der Waals surface area contributed by atoms with Gasteiger partial charge in [-0.15, -0.1) is 0 Å². The van der Waals surface area contributed by atoms with E-state index in [1.54, 1.807) is 0 Å². The Morgan fingerprint density at radius 1 is 0.409 bits per heavy atom. The van der Waals surface area contributed by atoms with Crippen molar-refractivity contribution in [3.8, 4) is 51.1 Å². The predicted octanol–water partition coefficient (Wildman–Crippen LogP) is 10.5. The lowest BCUT2D eigenvalue weighted by Crippen LogP contribution is -1.98. The smallest absolute Gasteiger partial charge is 0.161 e. The first-order chi connectivity index (χ1) is 21.7. The molecule has 8 rings (SSSR count). The second-order valence-electron chi connectivity index (χ2n) is 11.0. The lowest BCUT2D eigenvalue weighted by molar-refractivity contribution is 1.19. The maximum absolute atomic E-state index is 9.25. The van der Waals surface area contributed by atoms with Gasteiger partial charge in [0.25, 0.3) is 0 Å². The van der Waals surface area contributed by atoms with Crippen LogP contribution in [-0.2, 0) is 0 Å². The molecule has 0 saturated heterocycles. The summed E-state index contributed by atoms with van der Waals surface area (Å²) < 4.78 is 0. The summed E-state index contributed by atoms with van der Waals surface area (Å²) >= 11 is 0. The lowest BCUT2D eigenvalue weighted by Gasteiger charge is -2.15. The van der Waals surface area contributed by atoms with Gasteiger partial charge < -0.3 is 0 Å². The molecule has 0 aliphatic heterocycles. The zero-order valence-corrected chi connectivity index (χ0v) is 23.8. The van der Waals surface area contributed by atoms with Crippen molar-refractivity contribution in [1.29, 1.82) is 5.26 Å². The highest BCUT2D eigenvalue weighted by atomic mass is 14.9. The van der Waals surface area contributed by atoms with Gasteiger partial charge >= 0.3 is 0 Å². The van der Waals surface area contributed by atoms with Crippen LogP contribution in [0.15, 0.2) is 152 Å². The molecule has 0 saturated carbocycles. The van der Waals surface area contributed by atoms with Gasteiger partial charge in [-0.25, -0.2) is 9.97 Å². The highest BCUT2D eigenvalue weighted by Gasteiger charge is 2.17. The molecule has 0 fully saturated rings. The molecule has 204 valence electrons. The number of rotatable bonds is 4. The Balaban J connectivity index is 1.40. The van der Waals surface area contributed by atoms with Crippen LogP contribution in [0.25, 0.3) is 77.3 Å². The van der Waals surface area contributed by atoms with Gasteiger partial charge in [0.1, 0.15) is 0 Å². The Bertz CT molecular complexity index is 2380. The molecule has 8 aromatic rings. The molecule has 3 heteroatoms. The van der Waals surface area contributed by atoms with Crippen LogP contribution in [-0.4, -0.2) is 9.97 Å². The van der Waals surface area contributed by atoms with Gasteiger partial charge in [0.15, 0.2) is 5.82 Å². The summed E-state index contributed by atoms with van der Waals surface area (Å²) in [7, 11) is 0. The van der Waals surface area contributed by atoms with E-state index in [4.69, 9.17) is 9.97 Å². The first-order valence-electron chi connectivity index (χ1n) is 14.6. The third-order valence-corrected chi connectivity index (χ3v) is 8.29. The molecule has 1 aromatic heterocycles. The van der Waals surface area contributed by atoms with Crippen molar-refractivity contribution in [2.24, 2.45) is 0 Å². The van der Waals surface area contributed by atoms with Crippen LogP contribution in [0.1, 0.15) is 5.56 Å². The molecular weight excluding hydrogens is 534 g/mol. The van der Waals surface area contributed by atoms with Crippen molar-refractivity contribution >= 4 is 32.3 Å². The van der Waals surface area contributed by atoms with Crippen LogP contribution in [0.3, 0.4) is 0 Å². The van der Waals surface area contributed by atoms with E-state index in [0.29, 0.717) is 11.4 Å². The Kier molecular flexibility index (Phi) is 6.18. The standard InChI is InChI=1S/C41H25N3/c42-26-27-17-19-28(20-18-27)31-13-8-14-33(23-31)39-25-38(30-10-2-1-3-11-30)43-41(44-39)40-35-16-7-5-12-32(35)24-37-34-15-6-4-9-29(34)21-22-36(37)40/h1-25H. The topological polar surface area (TPSA) is 49.6 Å².